The van der Waals surface area contributed by atoms with E-state index < -0.39 is 23.9 Å². The lowest BCUT2D eigenvalue weighted by Crippen LogP contribution is -2.43. The van der Waals surface area contributed by atoms with E-state index in [9.17, 15) is 22.8 Å². The van der Waals surface area contributed by atoms with Crippen LogP contribution < -0.4 is 20.7 Å². The third-order valence-corrected chi connectivity index (χ3v) is 4.46. The Balaban J connectivity index is 1.73. The number of alkyl halides is 3. The Labute approximate surface area is 200 Å². The predicted octanol–water partition coefficient (Wildman–Crippen LogP) is 6.57. The van der Waals surface area contributed by atoms with Crippen molar-refractivity contribution in [3.05, 3.63) is 78.4 Å². The number of rotatable bonds is 5. The van der Waals surface area contributed by atoms with E-state index in [1.165, 1.54) is 36.4 Å². The number of anilines is 3. The van der Waals surface area contributed by atoms with Gasteiger partial charge in [-0.25, -0.2) is 9.69 Å². The Hall–Kier alpha value is -4.21. The van der Waals surface area contributed by atoms with E-state index in [2.05, 4.69) is 5.32 Å². The summed E-state index contributed by atoms with van der Waals surface area (Å²) in [5, 5.41) is 2.58. The van der Waals surface area contributed by atoms with Gasteiger partial charge < -0.3 is 15.2 Å². The quantitative estimate of drug-likeness (QED) is 0.313. The summed E-state index contributed by atoms with van der Waals surface area (Å²) < 4.78 is 51.7. The molecular weight excluding hydrogens is 463 g/mol. The number of nitrogens with two attached hydrogens (primary N) is 1. The summed E-state index contributed by atoms with van der Waals surface area (Å²) in [6, 6.07) is 16.7. The van der Waals surface area contributed by atoms with E-state index in [1.807, 2.05) is 0 Å². The number of amides is 2. The van der Waals surface area contributed by atoms with Crippen LogP contribution in [-0.4, -0.2) is 23.9 Å². The summed E-state index contributed by atoms with van der Waals surface area (Å²) >= 11 is 0. The van der Waals surface area contributed by atoms with Crippen LogP contribution in [0.25, 0.3) is 0 Å². The van der Waals surface area contributed by atoms with Crippen LogP contribution in [0.4, 0.5) is 35.0 Å². The molecule has 0 bridgehead atoms. The fourth-order valence-corrected chi connectivity index (χ4v) is 3.01. The fourth-order valence-electron chi connectivity index (χ4n) is 3.01. The molecule has 0 aromatic heterocycles. The highest BCUT2D eigenvalue weighted by atomic mass is 19.4. The highest BCUT2D eigenvalue weighted by Gasteiger charge is 2.42. The van der Waals surface area contributed by atoms with Crippen LogP contribution in [0.5, 0.6) is 11.5 Å². The number of hydrogen-bond donors (Lipinski definition) is 2. The Morgan fingerprint density at radius 1 is 0.914 bits per heavy atom. The Morgan fingerprint density at radius 2 is 1.54 bits per heavy atom. The summed E-state index contributed by atoms with van der Waals surface area (Å²) in [7, 11) is 0. The topological polar surface area (TPSA) is 93.9 Å². The molecular formula is C25H24F3N3O4. The van der Waals surface area contributed by atoms with Gasteiger partial charge in [0, 0.05) is 11.3 Å². The number of carbonyl (C=O) groups is 2. The number of nitrogen functional groups attached to an aromatic ring is 1. The van der Waals surface area contributed by atoms with Gasteiger partial charge in [-0.15, -0.1) is 13.2 Å². The third kappa shape index (κ3) is 6.89. The molecule has 3 aromatic carbocycles. The minimum atomic E-state index is -4.93. The van der Waals surface area contributed by atoms with Gasteiger partial charge in [0.25, 0.3) is 5.91 Å². The average Bonchev–Trinajstić information content (AvgIpc) is 2.75. The molecule has 0 saturated heterocycles. The van der Waals surface area contributed by atoms with Crippen LogP contribution in [0.2, 0.25) is 0 Å². The van der Waals surface area contributed by atoms with Gasteiger partial charge in [0.1, 0.15) is 17.1 Å². The van der Waals surface area contributed by atoms with Gasteiger partial charge in [0.2, 0.25) is 0 Å². The Bertz CT molecular complexity index is 1190. The third-order valence-electron chi connectivity index (χ3n) is 4.46. The first-order valence-corrected chi connectivity index (χ1v) is 10.5. The maximum atomic E-state index is 13.6. The van der Waals surface area contributed by atoms with Crippen LogP contribution in [0.1, 0.15) is 31.1 Å². The molecule has 0 radical (unpaired) electrons. The molecule has 3 aromatic rings. The second-order valence-electron chi connectivity index (χ2n) is 8.45. The molecule has 7 nitrogen and oxygen atoms in total. The minimum Gasteiger partial charge on any atom is -0.455 e. The number of nitrogens with zero attached hydrogens (tertiary/aromatic N) is 1. The molecule has 0 fully saturated rings. The molecule has 3 rings (SSSR count). The molecule has 0 aliphatic carbocycles. The van der Waals surface area contributed by atoms with E-state index in [0.717, 1.165) is 6.07 Å². The van der Waals surface area contributed by atoms with Crippen molar-refractivity contribution in [3.63, 3.8) is 0 Å². The average molecular weight is 487 g/mol. The summed E-state index contributed by atoms with van der Waals surface area (Å²) in [6.45, 7) is 5.24. The van der Waals surface area contributed by atoms with Gasteiger partial charge >= 0.3 is 12.4 Å². The molecule has 0 atom stereocenters. The fraction of sp³-hybridized carbons (Fsp3) is 0.200. The maximum absolute atomic E-state index is 13.6. The predicted molar refractivity (Wildman–Crippen MR) is 127 cm³/mol. The number of hydrogen-bond acceptors (Lipinski definition) is 5. The Kier molecular flexibility index (Phi) is 7.23. The number of benzene rings is 3. The highest BCUT2D eigenvalue weighted by molar-refractivity contribution is 6.07. The minimum absolute atomic E-state index is 0.0259. The number of carbonyl (C=O) groups excluding carboxylic acids is 2. The molecule has 0 aliphatic heterocycles. The lowest BCUT2D eigenvalue weighted by atomic mass is 10.1. The van der Waals surface area contributed by atoms with Crippen molar-refractivity contribution in [2.75, 3.05) is 16.0 Å². The molecule has 2 amide bonds. The zero-order chi connectivity index (χ0) is 25.8. The van der Waals surface area contributed by atoms with Crippen molar-refractivity contribution >= 4 is 29.1 Å². The molecule has 0 saturated carbocycles. The van der Waals surface area contributed by atoms with Gasteiger partial charge in [0.15, 0.2) is 0 Å². The number of halogens is 3. The number of nitrogens with one attached hydrogen (secondary N) is 1. The van der Waals surface area contributed by atoms with E-state index in [4.69, 9.17) is 15.2 Å². The van der Waals surface area contributed by atoms with Crippen LogP contribution in [0, 0.1) is 0 Å². The van der Waals surface area contributed by atoms with Crippen LogP contribution >= 0.6 is 0 Å². The first-order valence-electron chi connectivity index (χ1n) is 10.5. The van der Waals surface area contributed by atoms with Gasteiger partial charge in [-0.05, 0) is 75.4 Å². The lowest BCUT2D eigenvalue weighted by Gasteiger charge is -2.25. The molecule has 184 valence electrons. The standard InChI is InChI=1S/C25H24F3N3O4/c1-24(2,3)35-23(33)30-17-10-12-19(13-11-17)34-21-14-9-16(15-20(21)29)22(32)31(25(26,27)28)18-7-5-4-6-8-18/h4-15H,29H2,1-3H3,(H,30,33). The zero-order valence-corrected chi connectivity index (χ0v) is 19.2. The second-order valence-corrected chi connectivity index (χ2v) is 8.45. The largest absolute Gasteiger partial charge is 0.491 e. The summed E-state index contributed by atoms with van der Waals surface area (Å²) in [5.74, 6) is -0.779. The van der Waals surface area contributed by atoms with Crippen LogP contribution in [0.15, 0.2) is 72.8 Å². The van der Waals surface area contributed by atoms with Crippen molar-refractivity contribution in [2.45, 2.75) is 32.7 Å². The van der Waals surface area contributed by atoms with Crippen molar-refractivity contribution in [2.24, 2.45) is 0 Å². The molecule has 35 heavy (non-hydrogen) atoms. The molecule has 3 N–H and O–H groups in total. The molecule has 10 heteroatoms. The summed E-state index contributed by atoms with van der Waals surface area (Å²) in [6.07, 6.45) is -5.55. The highest BCUT2D eigenvalue weighted by Crippen LogP contribution is 2.33. The first kappa shape index (κ1) is 25.4. The van der Waals surface area contributed by atoms with Gasteiger partial charge in [-0.3, -0.25) is 10.1 Å². The van der Waals surface area contributed by atoms with E-state index in [0.29, 0.717) is 11.4 Å². The van der Waals surface area contributed by atoms with Crippen LogP contribution in [0.3, 0.4) is 0 Å². The number of para-hydroxylation sites is 1. The molecule has 0 unspecified atom stereocenters. The van der Waals surface area contributed by atoms with Crippen molar-refractivity contribution in [3.8, 4) is 11.5 Å². The van der Waals surface area contributed by atoms with Crippen molar-refractivity contribution in [1.82, 2.24) is 0 Å². The normalized spacial score (nSPS) is 11.5. The van der Waals surface area contributed by atoms with Gasteiger partial charge in [0.05, 0.1) is 11.4 Å². The summed E-state index contributed by atoms with van der Waals surface area (Å²) in [4.78, 5) is 24.3. The smallest absolute Gasteiger partial charge is 0.455 e. The lowest BCUT2D eigenvalue weighted by molar-refractivity contribution is -0.122. The maximum Gasteiger partial charge on any atom is 0.491 e. The van der Waals surface area contributed by atoms with Gasteiger partial charge in [-0.2, -0.15) is 0 Å². The zero-order valence-electron chi connectivity index (χ0n) is 19.2. The monoisotopic (exact) mass is 487 g/mol. The molecule has 0 aliphatic rings. The SMILES string of the molecule is CC(C)(C)OC(=O)Nc1ccc(Oc2ccc(C(=O)N(c3ccccc3)C(F)(F)F)cc2N)cc1. The van der Waals surface area contributed by atoms with Gasteiger partial charge in [-0.1, -0.05) is 18.2 Å². The molecule has 0 heterocycles. The van der Waals surface area contributed by atoms with E-state index >= 15 is 0 Å². The summed E-state index contributed by atoms with van der Waals surface area (Å²) in [5.41, 5.74) is 5.18. The number of ether oxygens (including phenoxy) is 2. The van der Waals surface area contributed by atoms with Crippen molar-refractivity contribution in [1.29, 1.82) is 0 Å². The van der Waals surface area contributed by atoms with E-state index in [1.54, 1.807) is 51.1 Å². The molecule has 0 spiro atoms. The van der Waals surface area contributed by atoms with E-state index in [-0.39, 0.29) is 27.6 Å². The van der Waals surface area contributed by atoms with Crippen LogP contribution in [-0.2, 0) is 4.74 Å². The first-order chi connectivity index (χ1) is 16.3. The van der Waals surface area contributed by atoms with Crippen molar-refractivity contribution < 1.29 is 32.2 Å². The second kappa shape index (κ2) is 9.96. The Morgan fingerprint density at radius 3 is 2.09 bits per heavy atom.